The van der Waals surface area contributed by atoms with Crippen LogP contribution in [0.1, 0.15) is 16.1 Å². The van der Waals surface area contributed by atoms with Crippen molar-refractivity contribution in [2.75, 3.05) is 13.7 Å². The molecule has 0 saturated heterocycles. The van der Waals surface area contributed by atoms with E-state index >= 15 is 0 Å². The fourth-order valence-electron chi connectivity index (χ4n) is 2.45. The van der Waals surface area contributed by atoms with Gasteiger partial charge in [0.2, 0.25) is 0 Å². The van der Waals surface area contributed by atoms with Gasteiger partial charge >= 0.3 is 0 Å². The molecule has 25 heavy (non-hydrogen) atoms. The molecule has 0 aliphatic carbocycles. The molecule has 0 saturated carbocycles. The number of nitrogens with zero attached hydrogens (tertiary/aromatic N) is 1. The van der Waals surface area contributed by atoms with Crippen LogP contribution in [0.15, 0.2) is 59.3 Å². The number of ether oxygens (including phenoxy) is 1. The highest BCUT2D eigenvalue weighted by molar-refractivity contribution is 5.97. The lowest BCUT2D eigenvalue weighted by Gasteiger charge is -2.06. The van der Waals surface area contributed by atoms with E-state index in [2.05, 4.69) is 10.3 Å². The normalized spacial score (nSPS) is 10.5. The number of aromatic nitrogens is 1. The van der Waals surface area contributed by atoms with E-state index in [-0.39, 0.29) is 17.4 Å². The quantitative estimate of drug-likeness (QED) is 0.746. The van der Waals surface area contributed by atoms with Gasteiger partial charge in [-0.05, 0) is 42.3 Å². The fraction of sp³-hybridized carbons (Fsp3) is 0.158. The van der Waals surface area contributed by atoms with E-state index in [1.54, 1.807) is 49.6 Å². The number of hydrogen-bond acceptors (Lipinski definition) is 4. The zero-order valence-electron chi connectivity index (χ0n) is 13.7. The molecule has 1 amide bonds. The average Bonchev–Trinajstić information content (AvgIpc) is 3.13. The van der Waals surface area contributed by atoms with Crippen molar-refractivity contribution >= 4 is 5.91 Å². The zero-order valence-corrected chi connectivity index (χ0v) is 13.7. The Kier molecular flexibility index (Phi) is 5.09. The van der Waals surface area contributed by atoms with E-state index in [0.717, 1.165) is 5.56 Å². The summed E-state index contributed by atoms with van der Waals surface area (Å²) in [5, 5.41) is 2.74. The predicted octanol–water partition coefficient (Wildman–Crippen LogP) is 3.46. The van der Waals surface area contributed by atoms with E-state index < -0.39 is 0 Å². The first-order valence-electron chi connectivity index (χ1n) is 7.78. The Bertz CT molecular complexity index is 859. The summed E-state index contributed by atoms with van der Waals surface area (Å²) in [5.41, 5.74) is 1.47. The number of hydrogen-bond donors (Lipinski definition) is 1. The van der Waals surface area contributed by atoms with Crippen LogP contribution in [-0.2, 0) is 6.42 Å². The van der Waals surface area contributed by atoms with Gasteiger partial charge < -0.3 is 14.5 Å². The third-order valence-electron chi connectivity index (χ3n) is 3.77. The molecule has 0 fully saturated rings. The van der Waals surface area contributed by atoms with Crippen LogP contribution in [-0.4, -0.2) is 24.5 Å². The monoisotopic (exact) mass is 340 g/mol. The second kappa shape index (κ2) is 7.61. The van der Waals surface area contributed by atoms with Crippen molar-refractivity contribution in [3.8, 4) is 17.1 Å². The van der Waals surface area contributed by atoms with Gasteiger partial charge in [-0.25, -0.2) is 9.37 Å². The Morgan fingerprint density at radius 3 is 2.68 bits per heavy atom. The molecular formula is C19H17FN2O3. The van der Waals surface area contributed by atoms with Crippen molar-refractivity contribution in [2.24, 2.45) is 0 Å². The van der Waals surface area contributed by atoms with Crippen LogP contribution >= 0.6 is 0 Å². The van der Waals surface area contributed by atoms with Crippen LogP contribution in [0.5, 0.6) is 5.75 Å². The first-order valence-corrected chi connectivity index (χ1v) is 7.78. The van der Waals surface area contributed by atoms with Gasteiger partial charge in [0.1, 0.15) is 11.6 Å². The summed E-state index contributed by atoms with van der Waals surface area (Å²) in [7, 11) is 1.58. The van der Waals surface area contributed by atoms with Crippen molar-refractivity contribution in [3.63, 3.8) is 0 Å². The van der Waals surface area contributed by atoms with Crippen LogP contribution in [0.2, 0.25) is 0 Å². The van der Waals surface area contributed by atoms with Crippen LogP contribution in [0.3, 0.4) is 0 Å². The summed E-state index contributed by atoms with van der Waals surface area (Å²) in [4.78, 5) is 16.3. The molecule has 0 radical (unpaired) electrons. The molecule has 2 aromatic carbocycles. The summed E-state index contributed by atoms with van der Waals surface area (Å²) in [5.74, 6) is 0.443. The number of nitrogens with one attached hydrogen (secondary N) is 1. The second-order valence-corrected chi connectivity index (χ2v) is 5.36. The number of amides is 1. The van der Waals surface area contributed by atoms with Crippen molar-refractivity contribution in [2.45, 2.75) is 6.42 Å². The van der Waals surface area contributed by atoms with Gasteiger partial charge in [0.25, 0.3) is 5.91 Å². The summed E-state index contributed by atoms with van der Waals surface area (Å²) < 4.78 is 24.1. The number of oxazole rings is 1. The standard InChI is InChI=1S/C19H17FN2O3/c1-24-15-8-6-14(7-9-15)18-17(22-12-25-18)19(23)21-11-10-13-4-2-3-5-16(13)20/h2-9,12H,10-11H2,1H3,(H,21,23). The summed E-state index contributed by atoms with van der Waals surface area (Å²) in [6.45, 7) is 0.300. The predicted molar refractivity (Wildman–Crippen MR) is 90.9 cm³/mol. The van der Waals surface area contributed by atoms with E-state index in [4.69, 9.17) is 9.15 Å². The lowest BCUT2D eigenvalue weighted by atomic mass is 10.1. The van der Waals surface area contributed by atoms with E-state index in [0.29, 0.717) is 30.0 Å². The smallest absolute Gasteiger partial charge is 0.273 e. The van der Waals surface area contributed by atoms with Crippen molar-refractivity contribution < 1.29 is 18.3 Å². The molecule has 0 bridgehead atoms. The van der Waals surface area contributed by atoms with Gasteiger partial charge in [-0.3, -0.25) is 4.79 Å². The third-order valence-corrected chi connectivity index (χ3v) is 3.77. The van der Waals surface area contributed by atoms with Gasteiger partial charge in [-0.2, -0.15) is 0 Å². The molecule has 0 atom stereocenters. The van der Waals surface area contributed by atoms with E-state index in [9.17, 15) is 9.18 Å². The topological polar surface area (TPSA) is 64.4 Å². The molecular weight excluding hydrogens is 323 g/mol. The maximum absolute atomic E-state index is 13.6. The molecule has 0 aliphatic heterocycles. The molecule has 3 rings (SSSR count). The SMILES string of the molecule is COc1ccc(-c2ocnc2C(=O)NCCc2ccccc2F)cc1. The summed E-state index contributed by atoms with van der Waals surface area (Å²) >= 11 is 0. The van der Waals surface area contributed by atoms with Gasteiger partial charge in [-0.1, -0.05) is 18.2 Å². The molecule has 1 aromatic heterocycles. The van der Waals surface area contributed by atoms with E-state index in [1.165, 1.54) is 12.5 Å². The van der Waals surface area contributed by atoms with Crippen LogP contribution < -0.4 is 10.1 Å². The molecule has 0 unspecified atom stereocenters. The van der Waals surface area contributed by atoms with Crippen molar-refractivity contribution in [1.82, 2.24) is 10.3 Å². The Balaban J connectivity index is 1.67. The second-order valence-electron chi connectivity index (χ2n) is 5.36. The summed E-state index contributed by atoms with van der Waals surface area (Å²) in [6, 6.07) is 13.6. The first-order chi connectivity index (χ1) is 12.2. The lowest BCUT2D eigenvalue weighted by Crippen LogP contribution is -2.26. The highest BCUT2D eigenvalue weighted by Crippen LogP contribution is 2.25. The minimum Gasteiger partial charge on any atom is -0.497 e. The molecule has 128 valence electrons. The van der Waals surface area contributed by atoms with E-state index in [1.807, 2.05) is 0 Å². The Morgan fingerprint density at radius 2 is 1.96 bits per heavy atom. The number of halogens is 1. The highest BCUT2D eigenvalue weighted by atomic mass is 19.1. The molecule has 1 heterocycles. The van der Waals surface area contributed by atoms with Crippen LogP contribution in [0, 0.1) is 5.82 Å². The maximum Gasteiger partial charge on any atom is 0.273 e. The zero-order chi connectivity index (χ0) is 17.6. The fourth-order valence-corrected chi connectivity index (χ4v) is 2.45. The van der Waals surface area contributed by atoms with Crippen molar-refractivity contribution in [1.29, 1.82) is 0 Å². The van der Waals surface area contributed by atoms with Crippen LogP contribution in [0.4, 0.5) is 4.39 Å². The molecule has 3 aromatic rings. The van der Waals surface area contributed by atoms with Crippen molar-refractivity contribution in [3.05, 3.63) is 72.0 Å². The highest BCUT2D eigenvalue weighted by Gasteiger charge is 2.18. The van der Waals surface area contributed by atoms with Gasteiger partial charge in [0.15, 0.2) is 17.8 Å². The molecule has 0 aliphatic rings. The third kappa shape index (κ3) is 3.85. The average molecular weight is 340 g/mol. The largest absolute Gasteiger partial charge is 0.497 e. The number of rotatable bonds is 6. The van der Waals surface area contributed by atoms with Gasteiger partial charge in [-0.15, -0.1) is 0 Å². The number of benzene rings is 2. The minimum atomic E-state index is -0.365. The van der Waals surface area contributed by atoms with Gasteiger partial charge in [0.05, 0.1) is 7.11 Å². The molecule has 1 N–H and O–H groups in total. The minimum absolute atomic E-state index is 0.193. The first kappa shape index (κ1) is 16.7. The molecule has 0 spiro atoms. The molecule has 6 heteroatoms. The van der Waals surface area contributed by atoms with Crippen LogP contribution in [0.25, 0.3) is 11.3 Å². The summed E-state index contributed by atoms with van der Waals surface area (Å²) in [6.07, 6.45) is 1.62. The lowest BCUT2D eigenvalue weighted by molar-refractivity contribution is 0.0950. The molecule has 5 nitrogen and oxygen atoms in total. The number of carbonyl (C=O) groups is 1. The Labute approximate surface area is 144 Å². The number of carbonyl (C=O) groups excluding carboxylic acids is 1. The maximum atomic E-state index is 13.6. The Hall–Kier alpha value is -3.15. The van der Waals surface area contributed by atoms with Gasteiger partial charge in [0, 0.05) is 12.1 Å². The number of methoxy groups -OCH3 is 1. The Morgan fingerprint density at radius 1 is 1.20 bits per heavy atom.